The normalized spacial score (nSPS) is 14.8. The average Bonchev–Trinajstić information content (AvgIpc) is 3.16. The molecule has 1 aromatic heterocycles. The van der Waals surface area contributed by atoms with Crippen molar-refractivity contribution in [2.45, 2.75) is 26.8 Å². The number of hydrogen-bond acceptors (Lipinski definition) is 7. The van der Waals surface area contributed by atoms with Gasteiger partial charge in [0.25, 0.3) is 0 Å². The topological polar surface area (TPSA) is 63.7 Å². The molecule has 3 rings (SSSR count). The predicted octanol–water partition coefficient (Wildman–Crippen LogP) is 4.35. The minimum atomic E-state index is -2.33. The van der Waals surface area contributed by atoms with Crippen molar-refractivity contribution in [2.75, 3.05) is 38.2 Å². The van der Waals surface area contributed by atoms with E-state index in [2.05, 4.69) is 19.9 Å². The van der Waals surface area contributed by atoms with Crippen molar-refractivity contribution in [3.8, 4) is 5.75 Å². The molecule has 0 unspecified atom stereocenters. The van der Waals surface area contributed by atoms with E-state index in [4.69, 9.17) is 4.74 Å². The van der Waals surface area contributed by atoms with Crippen molar-refractivity contribution < 1.29 is 36.2 Å². The van der Waals surface area contributed by atoms with Gasteiger partial charge in [-0.15, -0.1) is 11.3 Å². The maximum Gasteiger partial charge on any atom is 0.357 e. The Morgan fingerprint density at radius 3 is 2.28 bits per heavy atom. The van der Waals surface area contributed by atoms with Gasteiger partial charge in [-0.05, 0) is 12.3 Å². The van der Waals surface area contributed by atoms with Crippen LogP contribution >= 0.6 is 11.3 Å². The Morgan fingerprint density at radius 1 is 1.09 bits per heavy atom. The van der Waals surface area contributed by atoms with Gasteiger partial charge in [0.2, 0.25) is 34.8 Å². The van der Waals surface area contributed by atoms with Crippen molar-refractivity contribution in [3.63, 3.8) is 0 Å². The lowest BCUT2D eigenvalue weighted by molar-refractivity contribution is 0.0342. The lowest BCUT2D eigenvalue weighted by atomic mass is 10.1. The van der Waals surface area contributed by atoms with Crippen LogP contribution in [0.3, 0.4) is 0 Å². The van der Waals surface area contributed by atoms with Crippen LogP contribution < -0.4 is 10.1 Å². The molecule has 12 heteroatoms. The molecule has 0 atom stereocenters. The van der Waals surface area contributed by atoms with Crippen LogP contribution in [0.1, 0.15) is 34.9 Å². The van der Waals surface area contributed by atoms with Gasteiger partial charge in [-0.3, -0.25) is 4.90 Å². The summed E-state index contributed by atoms with van der Waals surface area (Å²) in [5.74, 6) is -13.6. The molecule has 1 fully saturated rings. The highest BCUT2D eigenvalue weighted by atomic mass is 32.1. The number of rotatable bonds is 8. The third-order valence-corrected chi connectivity index (χ3v) is 5.72. The molecule has 1 aliphatic heterocycles. The number of esters is 1. The van der Waals surface area contributed by atoms with Crippen LogP contribution in [0.2, 0.25) is 0 Å². The summed E-state index contributed by atoms with van der Waals surface area (Å²) >= 11 is 0.925. The summed E-state index contributed by atoms with van der Waals surface area (Å²) in [5, 5.41) is 3.52. The number of nitrogens with zero attached hydrogens (tertiary/aromatic N) is 2. The van der Waals surface area contributed by atoms with E-state index in [1.54, 1.807) is 0 Å². The molecule has 2 heterocycles. The molecule has 0 bridgehead atoms. The van der Waals surface area contributed by atoms with Crippen molar-refractivity contribution in [1.82, 2.24) is 9.88 Å². The van der Waals surface area contributed by atoms with Crippen molar-refractivity contribution in [3.05, 3.63) is 39.0 Å². The van der Waals surface area contributed by atoms with Crippen LogP contribution in [0.5, 0.6) is 5.75 Å². The van der Waals surface area contributed by atoms with E-state index in [1.807, 2.05) is 13.8 Å². The van der Waals surface area contributed by atoms with E-state index in [-0.39, 0.29) is 10.7 Å². The number of anilines is 1. The van der Waals surface area contributed by atoms with E-state index >= 15 is 0 Å². The second-order valence-electron chi connectivity index (χ2n) is 7.57. The van der Waals surface area contributed by atoms with Gasteiger partial charge >= 0.3 is 5.97 Å². The molecule has 1 N–H and O–H groups in total. The van der Waals surface area contributed by atoms with Gasteiger partial charge in [0, 0.05) is 19.6 Å². The fourth-order valence-corrected chi connectivity index (χ4v) is 3.89. The Hall–Kier alpha value is -2.31. The zero-order valence-corrected chi connectivity index (χ0v) is 18.3. The van der Waals surface area contributed by atoms with Gasteiger partial charge in [-0.1, -0.05) is 13.8 Å². The molecule has 176 valence electrons. The first kappa shape index (κ1) is 24.3. The molecule has 32 heavy (non-hydrogen) atoms. The number of morpholine rings is 1. The standard InChI is InChI=1S/C20H22F5N3O3S/c1-10(2)3-4-26-19-18(32-11(27-19)9-28-5-7-30-8-6-28)20(29)31-17-15(24)13(22)12(21)14(23)16(17)25/h10,26H,3-9H2,1-2H3. The molecule has 2 aromatic rings. The van der Waals surface area contributed by atoms with Crippen molar-refractivity contribution in [1.29, 1.82) is 0 Å². The summed E-state index contributed by atoms with van der Waals surface area (Å²) in [7, 11) is 0. The predicted molar refractivity (Wildman–Crippen MR) is 107 cm³/mol. The molecule has 0 spiro atoms. The van der Waals surface area contributed by atoms with E-state index in [0.717, 1.165) is 17.8 Å². The summed E-state index contributed by atoms with van der Waals surface area (Å²) < 4.78 is 77.9. The highest BCUT2D eigenvalue weighted by Gasteiger charge is 2.30. The zero-order valence-electron chi connectivity index (χ0n) is 17.4. The number of benzene rings is 1. The Kier molecular flexibility index (Phi) is 8.01. The summed E-state index contributed by atoms with van der Waals surface area (Å²) in [5.41, 5.74) is 0. The maximum absolute atomic E-state index is 13.9. The van der Waals surface area contributed by atoms with Crippen molar-refractivity contribution in [2.24, 2.45) is 5.92 Å². The van der Waals surface area contributed by atoms with Gasteiger partial charge in [0.05, 0.1) is 19.8 Å². The van der Waals surface area contributed by atoms with Gasteiger partial charge in [-0.2, -0.15) is 8.78 Å². The van der Waals surface area contributed by atoms with Gasteiger partial charge in [0.1, 0.15) is 5.01 Å². The third-order valence-electron chi connectivity index (χ3n) is 4.70. The Balaban J connectivity index is 1.86. The Bertz CT molecular complexity index is 951. The SMILES string of the molecule is CC(C)CCNc1nc(CN2CCOCC2)sc1C(=O)Oc1c(F)c(F)c(F)c(F)c1F. The van der Waals surface area contributed by atoms with E-state index in [1.165, 1.54) is 0 Å². The number of ether oxygens (including phenoxy) is 2. The summed E-state index contributed by atoms with van der Waals surface area (Å²) in [6.45, 7) is 7.32. The first-order chi connectivity index (χ1) is 15.2. The Labute approximate surface area is 185 Å². The lowest BCUT2D eigenvalue weighted by Crippen LogP contribution is -2.35. The molecule has 0 saturated carbocycles. The molecule has 0 radical (unpaired) electrons. The van der Waals surface area contributed by atoms with E-state index < -0.39 is 40.8 Å². The molecular weight excluding hydrogens is 457 g/mol. The molecule has 6 nitrogen and oxygen atoms in total. The average molecular weight is 479 g/mol. The summed E-state index contributed by atoms with van der Waals surface area (Å²) in [6.07, 6.45) is 0.752. The summed E-state index contributed by atoms with van der Waals surface area (Å²) in [4.78, 5) is 19.0. The van der Waals surface area contributed by atoms with E-state index in [9.17, 15) is 26.7 Å². The van der Waals surface area contributed by atoms with Gasteiger partial charge < -0.3 is 14.8 Å². The van der Waals surface area contributed by atoms with Crippen LogP contribution in [0.15, 0.2) is 0 Å². The number of carbonyl (C=O) groups is 1. The van der Waals surface area contributed by atoms with E-state index in [0.29, 0.717) is 50.3 Å². The molecular formula is C20H22F5N3O3S. The second-order valence-corrected chi connectivity index (χ2v) is 8.66. The second kappa shape index (κ2) is 10.5. The number of thiazole rings is 1. The smallest absolute Gasteiger partial charge is 0.357 e. The number of nitrogens with one attached hydrogen (secondary N) is 1. The van der Waals surface area contributed by atoms with Crippen LogP contribution in [-0.4, -0.2) is 48.7 Å². The summed E-state index contributed by atoms with van der Waals surface area (Å²) in [6, 6.07) is 0. The molecule has 0 amide bonds. The molecule has 1 saturated heterocycles. The van der Waals surface area contributed by atoms with Crippen LogP contribution in [-0.2, 0) is 11.3 Å². The molecule has 1 aromatic carbocycles. The third kappa shape index (κ3) is 5.54. The highest BCUT2D eigenvalue weighted by Crippen LogP contribution is 2.32. The quantitative estimate of drug-likeness (QED) is 0.200. The first-order valence-corrected chi connectivity index (χ1v) is 10.8. The number of hydrogen-bond donors (Lipinski definition) is 1. The van der Waals surface area contributed by atoms with Gasteiger partial charge in [-0.25, -0.2) is 22.9 Å². The number of aromatic nitrogens is 1. The largest absolute Gasteiger partial charge is 0.416 e. The number of carbonyl (C=O) groups excluding carboxylic acids is 1. The fraction of sp³-hybridized carbons (Fsp3) is 0.500. The Morgan fingerprint density at radius 2 is 1.69 bits per heavy atom. The minimum Gasteiger partial charge on any atom is -0.416 e. The van der Waals surface area contributed by atoms with Crippen LogP contribution in [0.4, 0.5) is 27.8 Å². The number of halogens is 5. The fourth-order valence-electron chi connectivity index (χ4n) is 2.93. The molecule has 1 aliphatic rings. The maximum atomic E-state index is 13.9. The monoisotopic (exact) mass is 479 g/mol. The highest BCUT2D eigenvalue weighted by molar-refractivity contribution is 7.14. The van der Waals surface area contributed by atoms with Gasteiger partial charge in [0.15, 0.2) is 10.7 Å². The zero-order chi connectivity index (χ0) is 23.4. The lowest BCUT2D eigenvalue weighted by Gasteiger charge is -2.25. The first-order valence-electron chi connectivity index (χ1n) is 9.96. The van der Waals surface area contributed by atoms with Crippen molar-refractivity contribution >= 4 is 23.1 Å². The minimum absolute atomic E-state index is 0.124. The van der Waals surface area contributed by atoms with Crippen LogP contribution in [0, 0.1) is 35.0 Å². The van der Waals surface area contributed by atoms with Crippen LogP contribution in [0.25, 0.3) is 0 Å². The molecule has 0 aliphatic carbocycles.